The highest BCUT2D eigenvalue weighted by Crippen LogP contribution is 2.33. The molecule has 0 saturated carbocycles. The molecule has 2 aliphatic heterocycles. The van der Waals surface area contributed by atoms with Crippen LogP contribution in [0.1, 0.15) is 31.9 Å². The van der Waals surface area contributed by atoms with Crippen LogP contribution in [-0.2, 0) is 4.79 Å². The molecule has 1 aromatic heterocycles. The van der Waals surface area contributed by atoms with Crippen LogP contribution in [0.2, 0.25) is 15.1 Å². The lowest BCUT2D eigenvalue weighted by molar-refractivity contribution is -0.140. The van der Waals surface area contributed by atoms with Crippen molar-refractivity contribution < 1.29 is 4.79 Å². The van der Waals surface area contributed by atoms with E-state index in [1.807, 2.05) is 17.9 Å². The molecule has 2 aliphatic rings. The number of anilines is 2. The number of nitrogens with one attached hydrogen (secondary N) is 1. The fourth-order valence-corrected chi connectivity index (χ4v) is 5.32. The van der Waals surface area contributed by atoms with E-state index in [-0.39, 0.29) is 17.4 Å². The van der Waals surface area contributed by atoms with Gasteiger partial charge in [0.05, 0.1) is 17.7 Å². The Morgan fingerprint density at radius 1 is 1.12 bits per heavy atom. The van der Waals surface area contributed by atoms with Crippen molar-refractivity contribution in [2.75, 3.05) is 56.5 Å². The first-order chi connectivity index (χ1) is 15.7. The van der Waals surface area contributed by atoms with E-state index < -0.39 is 0 Å². The Balaban J connectivity index is 1.41. The number of halogens is 3. The van der Waals surface area contributed by atoms with E-state index in [4.69, 9.17) is 34.8 Å². The summed E-state index contributed by atoms with van der Waals surface area (Å²) >= 11 is 18.7. The fraction of sp³-hybridized carbons (Fsp3) is 0.522. The number of benzene rings is 1. The molecular formula is C23H29Cl3N6O. The van der Waals surface area contributed by atoms with Crippen LogP contribution in [0, 0.1) is 5.41 Å². The first-order valence-corrected chi connectivity index (χ1v) is 12.3. The average Bonchev–Trinajstić information content (AvgIpc) is 3.14. The Morgan fingerprint density at radius 3 is 2.48 bits per heavy atom. The number of carbonyl (C=O) groups excluding carboxylic acids is 1. The third-order valence-electron chi connectivity index (χ3n) is 6.54. The van der Waals surface area contributed by atoms with Crippen LogP contribution in [0.4, 0.5) is 11.8 Å². The largest absolute Gasteiger partial charge is 0.362 e. The maximum absolute atomic E-state index is 13.1. The molecule has 2 aromatic rings. The first kappa shape index (κ1) is 24.3. The van der Waals surface area contributed by atoms with Crippen LogP contribution in [0.25, 0.3) is 0 Å². The van der Waals surface area contributed by atoms with Gasteiger partial charge in [-0.05, 0) is 51.6 Å². The van der Waals surface area contributed by atoms with E-state index >= 15 is 0 Å². The number of aromatic nitrogens is 2. The fourth-order valence-electron chi connectivity index (χ4n) is 4.60. The summed E-state index contributed by atoms with van der Waals surface area (Å²) in [6, 6.07) is 5.28. The van der Waals surface area contributed by atoms with Crippen LogP contribution in [0.3, 0.4) is 0 Å². The Labute approximate surface area is 210 Å². The van der Waals surface area contributed by atoms with Crippen LogP contribution in [0.15, 0.2) is 24.4 Å². The number of rotatable bonds is 5. The summed E-state index contributed by atoms with van der Waals surface area (Å²) in [5, 5.41) is 4.93. The summed E-state index contributed by atoms with van der Waals surface area (Å²) in [6.45, 7) is 8.52. The zero-order valence-corrected chi connectivity index (χ0v) is 21.4. The van der Waals surface area contributed by atoms with E-state index in [1.54, 1.807) is 18.3 Å². The highest BCUT2D eigenvalue weighted by atomic mass is 35.5. The minimum Gasteiger partial charge on any atom is -0.362 e. The number of hydrogen-bond acceptors (Lipinski definition) is 6. The van der Waals surface area contributed by atoms with Crippen molar-refractivity contribution in [1.82, 2.24) is 19.8 Å². The molecule has 1 amide bonds. The topological polar surface area (TPSA) is 64.6 Å². The smallest absolute Gasteiger partial charge is 0.229 e. The van der Waals surface area contributed by atoms with Crippen LogP contribution in [0.5, 0.6) is 0 Å². The summed E-state index contributed by atoms with van der Waals surface area (Å²) in [7, 11) is 2.07. The second-order valence-electron chi connectivity index (χ2n) is 9.23. The zero-order valence-electron chi connectivity index (χ0n) is 19.1. The molecule has 3 heterocycles. The third-order valence-corrected chi connectivity index (χ3v) is 7.38. The lowest BCUT2D eigenvalue weighted by atomic mass is 9.88. The van der Waals surface area contributed by atoms with Crippen molar-refractivity contribution in [3.63, 3.8) is 0 Å². The number of nitrogens with zero attached hydrogens (tertiary/aromatic N) is 5. The number of hydrogen-bond donors (Lipinski definition) is 1. The normalized spacial score (nSPS) is 22.5. The van der Waals surface area contributed by atoms with Gasteiger partial charge in [0.2, 0.25) is 11.9 Å². The Morgan fingerprint density at radius 2 is 1.85 bits per heavy atom. The summed E-state index contributed by atoms with van der Waals surface area (Å²) in [4.78, 5) is 28.5. The lowest BCUT2D eigenvalue weighted by Crippen LogP contribution is -2.53. The number of carbonyl (C=O) groups is 1. The van der Waals surface area contributed by atoms with Gasteiger partial charge in [0, 0.05) is 42.8 Å². The van der Waals surface area contributed by atoms with Gasteiger partial charge in [-0.1, -0.05) is 40.9 Å². The molecule has 33 heavy (non-hydrogen) atoms. The molecule has 0 spiro atoms. The van der Waals surface area contributed by atoms with E-state index in [1.165, 1.54) is 0 Å². The second-order valence-corrected chi connectivity index (χ2v) is 10.5. The summed E-state index contributed by atoms with van der Waals surface area (Å²) < 4.78 is 0. The van der Waals surface area contributed by atoms with E-state index in [0.29, 0.717) is 53.0 Å². The molecule has 0 aliphatic carbocycles. The number of amides is 1. The maximum Gasteiger partial charge on any atom is 0.229 e. The molecule has 4 rings (SSSR count). The van der Waals surface area contributed by atoms with Gasteiger partial charge in [-0.2, -0.15) is 4.98 Å². The maximum atomic E-state index is 13.1. The van der Waals surface area contributed by atoms with E-state index in [2.05, 4.69) is 39.1 Å². The SMILES string of the molecule is C[C@@H](Nc1nc(N2CCN(C(=O)C3(C)CCN(C)C3)CC2)ncc1Cl)c1ccc(Cl)cc1Cl. The van der Waals surface area contributed by atoms with Crippen molar-refractivity contribution in [2.45, 2.75) is 26.3 Å². The molecule has 10 heteroatoms. The Bertz CT molecular complexity index is 1030. The van der Waals surface area contributed by atoms with E-state index in [9.17, 15) is 4.79 Å². The van der Waals surface area contributed by atoms with Crippen LogP contribution < -0.4 is 10.2 Å². The van der Waals surface area contributed by atoms with Gasteiger partial charge >= 0.3 is 0 Å². The minimum atomic E-state index is -0.288. The molecule has 0 radical (unpaired) electrons. The molecule has 2 saturated heterocycles. The minimum absolute atomic E-state index is 0.130. The molecule has 1 unspecified atom stereocenters. The van der Waals surface area contributed by atoms with Gasteiger partial charge in [0.15, 0.2) is 5.82 Å². The standard InChI is InChI=1S/C23H29Cl3N6O/c1-15(17-5-4-16(24)12-18(17)25)28-20-19(26)13-27-22(29-20)32-10-8-31(9-11-32)21(33)23(2)6-7-30(3)14-23/h4-5,12-13,15H,6-11,14H2,1-3H3,(H,27,28,29)/t15-,23?/m1/s1. The Hall–Kier alpha value is -1.80. The van der Waals surface area contributed by atoms with Gasteiger partial charge < -0.3 is 20.0 Å². The van der Waals surface area contributed by atoms with Gasteiger partial charge in [0.1, 0.15) is 5.02 Å². The second kappa shape index (κ2) is 9.82. The first-order valence-electron chi connectivity index (χ1n) is 11.1. The van der Waals surface area contributed by atoms with E-state index in [0.717, 1.165) is 25.1 Å². The summed E-state index contributed by atoms with van der Waals surface area (Å²) in [6.07, 6.45) is 2.52. The quantitative estimate of drug-likeness (QED) is 0.633. The van der Waals surface area contributed by atoms with Gasteiger partial charge in [-0.3, -0.25) is 4.79 Å². The van der Waals surface area contributed by atoms with Gasteiger partial charge in [0.25, 0.3) is 0 Å². The highest BCUT2D eigenvalue weighted by molar-refractivity contribution is 6.35. The van der Waals surface area contributed by atoms with Crippen LogP contribution in [-0.4, -0.2) is 72.0 Å². The molecule has 7 nitrogen and oxygen atoms in total. The summed E-state index contributed by atoms with van der Waals surface area (Å²) in [5.41, 5.74) is 0.611. The van der Waals surface area contributed by atoms with Gasteiger partial charge in [-0.15, -0.1) is 0 Å². The predicted molar refractivity (Wildman–Crippen MR) is 135 cm³/mol. The van der Waals surface area contributed by atoms with Crippen molar-refractivity contribution in [1.29, 1.82) is 0 Å². The molecular weight excluding hydrogens is 483 g/mol. The molecule has 178 valence electrons. The zero-order chi connectivity index (χ0) is 23.8. The molecule has 2 atom stereocenters. The van der Waals surface area contributed by atoms with Crippen LogP contribution >= 0.6 is 34.8 Å². The third kappa shape index (κ3) is 5.32. The van der Waals surface area contributed by atoms with Gasteiger partial charge in [-0.25, -0.2) is 4.98 Å². The highest BCUT2D eigenvalue weighted by Gasteiger charge is 2.42. The monoisotopic (exact) mass is 510 g/mol. The summed E-state index contributed by atoms with van der Waals surface area (Å²) in [5.74, 6) is 1.38. The lowest BCUT2D eigenvalue weighted by Gasteiger charge is -2.38. The molecule has 1 N–H and O–H groups in total. The van der Waals surface area contributed by atoms with Crippen molar-refractivity contribution in [3.05, 3.63) is 45.0 Å². The van der Waals surface area contributed by atoms with Crippen molar-refractivity contribution in [3.8, 4) is 0 Å². The molecule has 1 aromatic carbocycles. The Kier molecular flexibility index (Phi) is 7.24. The number of likely N-dealkylation sites (tertiary alicyclic amines) is 1. The molecule has 0 bridgehead atoms. The average molecular weight is 512 g/mol. The molecule has 2 fully saturated rings. The van der Waals surface area contributed by atoms with Crippen molar-refractivity contribution >= 4 is 52.5 Å². The predicted octanol–water partition coefficient (Wildman–Crippen LogP) is 4.60. The number of piperazine rings is 1. The van der Waals surface area contributed by atoms with Crippen molar-refractivity contribution in [2.24, 2.45) is 5.41 Å².